The van der Waals surface area contributed by atoms with Gasteiger partial charge in [-0.15, -0.1) is 13.2 Å². The highest BCUT2D eigenvalue weighted by atomic mass is 16.6. The highest BCUT2D eigenvalue weighted by molar-refractivity contribution is 5.95. The van der Waals surface area contributed by atoms with Gasteiger partial charge in [-0.05, 0) is 44.6 Å². The zero-order valence-corrected chi connectivity index (χ0v) is 20.2. The summed E-state index contributed by atoms with van der Waals surface area (Å²) in [5.74, 6) is 0.191. The second-order valence-electron chi connectivity index (χ2n) is 8.59. The van der Waals surface area contributed by atoms with Gasteiger partial charge in [0.15, 0.2) is 17.6 Å². The summed E-state index contributed by atoms with van der Waals surface area (Å²) < 4.78 is 29.1. The zero-order valence-electron chi connectivity index (χ0n) is 20.2. The molecule has 0 unspecified atom stereocenters. The molecule has 0 aliphatic carbocycles. The third kappa shape index (κ3) is 5.98. The van der Waals surface area contributed by atoms with Crippen molar-refractivity contribution in [2.24, 2.45) is 0 Å². The minimum atomic E-state index is -1.45. The van der Waals surface area contributed by atoms with Gasteiger partial charge in [0.2, 0.25) is 5.75 Å². The molecule has 35 heavy (non-hydrogen) atoms. The zero-order chi connectivity index (χ0) is 25.4. The molecule has 1 fully saturated rings. The monoisotopic (exact) mass is 492 g/mol. The molecule has 1 saturated heterocycles. The van der Waals surface area contributed by atoms with E-state index in [1.54, 1.807) is 0 Å². The Morgan fingerprint density at radius 1 is 1.00 bits per heavy atom. The van der Waals surface area contributed by atoms with Gasteiger partial charge in [-0.3, -0.25) is 0 Å². The van der Waals surface area contributed by atoms with E-state index in [-0.39, 0.29) is 11.3 Å². The Morgan fingerprint density at radius 2 is 1.66 bits per heavy atom. The number of methoxy groups -OCH3 is 1. The number of rotatable bonds is 14. The van der Waals surface area contributed by atoms with Crippen LogP contribution in [0, 0.1) is 0 Å². The summed E-state index contributed by atoms with van der Waals surface area (Å²) in [7, 11) is 1.48. The van der Waals surface area contributed by atoms with Gasteiger partial charge in [-0.1, -0.05) is 12.2 Å². The molecule has 0 bridgehead atoms. The van der Waals surface area contributed by atoms with Crippen molar-refractivity contribution in [3.8, 4) is 17.2 Å². The molecule has 1 aromatic carbocycles. The lowest BCUT2D eigenvalue weighted by atomic mass is 9.86. The van der Waals surface area contributed by atoms with Crippen molar-refractivity contribution in [2.45, 2.75) is 69.0 Å². The third-order valence-corrected chi connectivity index (χ3v) is 6.17. The first-order valence-electron chi connectivity index (χ1n) is 12.0. The van der Waals surface area contributed by atoms with E-state index in [0.29, 0.717) is 30.3 Å². The number of hydrogen-bond acceptors (Lipinski definition) is 9. The first-order valence-corrected chi connectivity index (χ1v) is 12.0. The molecule has 9 heteroatoms. The lowest BCUT2D eigenvalue weighted by Crippen LogP contribution is -2.58. The topological polar surface area (TPSA) is 124 Å². The summed E-state index contributed by atoms with van der Waals surface area (Å²) in [6.45, 7) is 7.66. The Kier molecular flexibility index (Phi) is 9.97. The minimum Gasteiger partial charge on any atom is -0.490 e. The minimum absolute atomic E-state index is 0.162. The highest BCUT2D eigenvalue weighted by Gasteiger charge is 2.52. The number of fused-ring (bicyclic) bond motifs is 3. The molecule has 0 amide bonds. The third-order valence-electron chi connectivity index (χ3n) is 6.17. The summed E-state index contributed by atoms with van der Waals surface area (Å²) in [4.78, 5) is 13.0. The van der Waals surface area contributed by atoms with Gasteiger partial charge in [0.25, 0.3) is 0 Å². The molecule has 194 valence electrons. The first-order chi connectivity index (χ1) is 17.0. The first kappa shape index (κ1) is 27.0. The van der Waals surface area contributed by atoms with Crippen molar-refractivity contribution in [1.29, 1.82) is 0 Å². The number of aliphatic hydroxyl groups is 3. The molecule has 3 N–H and O–H groups in total. The molecule has 0 radical (unpaired) electrons. The smallest absolute Gasteiger partial charge is 0.339 e. The van der Waals surface area contributed by atoms with Gasteiger partial charge in [-0.2, -0.15) is 0 Å². The van der Waals surface area contributed by atoms with Gasteiger partial charge < -0.3 is 39.0 Å². The van der Waals surface area contributed by atoms with Crippen molar-refractivity contribution < 1.29 is 43.8 Å². The Morgan fingerprint density at radius 3 is 2.26 bits per heavy atom. The molecule has 2 aliphatic heterocycles. The number of aliphatic hydroxyl groups excluding tert-OH is 3. The van der Waals surface area contributed by atoms with E-state index in [2.05, 4.69) is 13.2 Å². The Labute approximate surface area is 205 Å². The molecule has 1 aromatic rings. The summed E-state index contributed by atoms with van der Waals surface area (Å²) >= 11 is 0. The van der Waals surface area contributed by atoms with Gasteiger partial charge in [0.1, 0.15) is 24.4 Å². The molecule has 0 saturated carbocycles. The van der Waals surface area contributed by atoms with Crippen LogP contribution in [0.5, 0.6) is 17.2 Å². The van der Waals surface area contributed by atoms with Crippen molar-refractivity contribution in [3.05, 3.63) is 42.5 Å². The van der Waals surface area contributed by atoms with Crippen molar-refractivity contribution >= 4 is 5.97 Å². The maximum absolute atomic E-state index is 13.0. The van der Waals surface area contributed by atoms with E-state index < -0.39 is 43.1 Å². The highest BCUT2D eigenvalue weighted by Crippen LogP contribution is 2.51. The van der Waals surface area contributed by atoms with E-state index >= 15 is 0 Å². The predicted molar refractivity (Wildman–Crippen MR) is 128 cm³/mol. The lowest BCUT2D eigenvalue weighted by Gasteiger charge is -2.44. The van der Waals surface area contributed by atoms with Crippen LogP contribution >= 0.6 is 0 Å². The van der Waals surface area contributed by atoms with E-state index in [1.165, 1.54) is 13.2 Å². The van der Waals surface area contributed by atoms with Gasteiger partial charge in [0, 0.05) is 5.56 Å². The van der Waals surface area contributed by atoms with Crippen LogP contribution in [0.1, 0.15) is 60.6 Å². The van der Waals surface area contributed by atoms with Gasteiger partial charge in [0.05, 0.1) is 32.5 Å². The molecule has 3 rings (SSSR count). The molecular formula is C26H36O9. The van der Waals surface area contributed by atoms with E-state index in [4.69, 9.17) is 23.7 Å². The van der Waals surface area contributed by atoms with Crippen LogP contribution in [0.2, 0.25) is 0 Å². The molecule has 0 spiro atoms. The van der Waals surface area contributed by atoms with E-state index in [1.807, 2.05) is 12.2 Å². The second kappa shape index (κ2) is 12.9. The Balaban J connectivity index is 2.00. The van der Waals surface area contributed by atoms with E-state index in [9.17, 15) is 20.1 Å². The second-order valence-corrected chi connectivity index (χ2v) is 8.59. The van der Waals surface area contributed by atoms with Crippen LogP contribution in [-0.2, 0) is 9.47 Å². The van der Waals surface area contributed by atoms with Gasteiger partial charge >= 0.3 is 5.97 Å². The molecule has 2 aliphatic rings. The van der Waals surface area contributed by atoms with Crippen LogP contribution in [0.4, 0.5) is 0 Å². The number of carbonyl (C=O) groups is 1. The number of esters is 1. The number of unbranched alkanes of at least 4 members (excludes halogenated alkanes) is 4. The fourth-order valence-corrected chi connectivity index (χ4v) is 4.31. The normalized spacial score (nSPS) is 25.1. The average Bonchev–Trinajstić information content (AvgIpc) is 2.86. The number of ether oxygens (including phenoxy) is 5. The van der Waals surface area contributed by atoms with Crippen LogP contribution < -0.4 is 14.2 Å². The molecule has 0 aromatic heterocycles. The van der Waals surface area contributed by atoms with Crippen LogP contribution in [0.3, 0.4) is 0 Å². The molecule has 5 atom stereocenters. The fraction of sp³-hybridized carbons (Fsp3) is 0.577. The van der Waals surface area contributed by atoms with Gasteiger partial charge in [-0.25, -0.2) is 4.79 Å². The maximum atomic E-state index is 13.0. The average molecular weight is 493 g/mol. The van der Waals surface area contributed by atoms with Crippen LogP contribution in [0.15, 0.2) is 31.4 Å². The maximum Gasteiger partial charge on any atom is 0.339 e. The lowest BCUT2D eigenvalue weighted by molar-refractivity contribution is -0.235. The number of carbonyl (C=O) groups excluding carboxylic acids is 1. The summed E-state index contributed by atoms with van der Waals surface area (Å²) in [5, 5.41) is 30.6. The largest absolute Gasteiger partial charge is 0.490 e. The summed E-state index contributed by atoms with van der Waals surface area (Å²) in [6, 6.07) is 1.53. The Bertz CT molecular complexity index is 884. The standard InChI is InChI=1S/C26H36O9/c1-4-6-8-10-12-32-17-14-16-19(23(22(17)31-3)33-13-11-9-7-5-2)24-25(35-26(16)30)21(29)20(28)18(15-27)34-24/h4-5,14,18,20-21,24-25,27-29H,1-2,6-13,15H2,3H3/t18-,20-,21+,24+,25-/m1/s1. The van der Waals surface area contributed by atoms with E-state index in [0.717, 1.165) is 38.5 Å². The molecule has 9 nitrogen and oxygen atoms in total. The van der Waals surface area contributed by atoms with Crippen molar-refractivity contribution in [2.75, 3.05) is 26.9 Å². The van der Waals surface area contributed by atoms with Crippen molar-refractivity contribution in [1.82, 2.24) is 0 Å². The number of allylic oxidation sites excluding steroid dienone is 2. The fourth-order valence-electron chi connectivity index (χ4n) is 4.31. The summed E-state index contributed by atoms with van der Waals surface area (Å²) in [6.07, 6.45) is 2.61. The SMILES string of the molecule is C=CCCCCOc1cc2c(c(OCCCCC=C)c1OC)[C@@H]1O[C@H](CO)[C@@H](O)[C@H](O)[C@H]1OC2=O. The Hall–Kier alpha value is -2.59. The molecule has 2 heterocycles. The van der Waals surface area contributed by atoms with Crippen molar-refractivity contribution in [3.63, 3.8) is 0 Å². The molecular weight excluding hydrogens is 456 g/mol. The van der Waals surface area contributed by atoms with Crippen LogP contribution in [0.25, 0.3) is 0 Å². The number of benzene rings is 1. The quantitative estimate of drug-likeness (QED) is 0.204. The number of hydrogen-bond donors (Lipinski definition) is 3. The van der Waals surface area contributed by atoms with Crippen LogP contribution in [-0.4, -0.2) is 72.6 Å². The predicted octanol–water partition coefficient (Wildman–Crippen LogP) is 2.86. The summed E-state index contributed by atoms with van der Waals surface area (Å²) in [5.41, 5.74) is 0.504.